The van der Waals surface area contributed by atoms with Gasteiger partial charge in [0, 0.05) is 18.8 Å². The zero-order chi connectivity index (χ0) is 20.3. The van der Waals surface area contributed by atoms with Crippen LogP contribution in [0.1, 0.15) is 30.9 Å². The summed E-state index contributed by atoms with van der Waals surface area (Å²) in [6.07, 6.45) is 1.10. The number of ether oxygens (including phenoxy) is 1. The van der Waals surface area contributed by atoms with Crippen molar-refractivity contribution in [3.63, 3.8) is 0 Å². The molecule has 150 valence electrons. The molecule has 2 aromatic carbocycles. The Morgan fingerprint density at radius 3 is 2.18 bits per heavy atom. The molecule has 1 aliphatic heterocycles. The first-order valence-electron chi connectivity index (χ1n) is 9.43. The monoisotopic (exact) mass is 402 g/mol. The second-order valence-electron chi connectivity index (χ2n) is 7.11. The molecule has 3 rings (SSSR count). The first kappa shape index (κ1) is 20.4. The number of sulfonamides is 1. The van der Waals surface area contributed by atoms with Crippen molar-refractivity contribution in [1.29, 1.82) is 0 Å². The third kappa shape index (κ3) is 4.36. The first-order chi connectivity index (χ1) is 13.3. The third-order valence-electron chi connectivity index (χ3n) is 4.90. The van der Waals surface area contributed by atoms with Crippen LogP contribution in [-0.2, 0) is 14.8 Å². The second-order valence-corrected chi connectivity index (χ2v) is 9.04. The zero-order valence-electron chi connectivity index (χ0n) is 16.4. The molecule has 1 aliphatic rings. The molecular formula is C21H26N2O4S. The molecule has 0 aliphatic carbocycles. The van der Waals surface area contributed by atoms with E-state index in [9.17, 15) is 13.2 Å². The van der Waals surface area contributed by atoms with E-state index in [0.717, 1.165) is 24.0 Å². The summed E-state index contributed by atoms with van der Waals surface area (Å²) >= 11 is 0. The SMILES string of the molecule is Cc1cccc(C)c1O[C@@H](C)C(=O)Nc1ccc(S(=O)(=O)N2CCCC2)cc1. The largest absolute Gasteiger partial charge is 0.480 e. The van der Waals surface area contributed by atoms with E-state index < -0.39 is 16.1 Å². The van der Waals surface area contributed by atoms with E-state index >= 15 is 0 Å². The van der Waals surface area contributed by atoms with Crippen molar-refractivity contribution in [2.45, 2.75) is 44.6 Å². The van der Waals surface area contributed by atoms with E-state index in [1.165, 1.54) is 16.4 Å². The van der Waals surface area contributed by atoms with Crippen molar-refractivity contribution >= 4 is 21.6 Å². The molecule has 0 bridgehead atoms. The van der Waals surface area contributed by atoms with Crippen LogP contribution in [-0.4, -0.2) is 37.8 Å². The van der Waals surface area contributed by atoms with Gasteiger partial charge < -0.3 is 10.1 Å². The van der Waals surface area contributed by atoms with Gasteiger partial charge in [0.15, 0.2) is 6.10 Å². The average Bonchev–Trinajstić information content (AvgIpc) is 3.21. The van der Waals surface area contributed by atoms with Gasteiger partial charge in [-0.25, -0.2) is 8.42 Å². The second kappa shape index (κ2) is 8.32. The molecule has 1 amide bonds. The number of carbonyl (C=O) groups is 1. The first-order valence-corrected chi connectivity index (χ1v) is 10.9. The number of carbonyl (C=O) groups excluding carboxylic acids is 1. The van der Waals surface area contributed by atoms with Crippen LogP contribution in [0.2, 0.25) is 0 Å². The van der Waals surface area contributed by atoms with Gasteiger partial charge in [0.25, 0.3) is 5.91 Å². The summed E-state index contributed by atoms with van der Waals surface area (Å²) in [7, 11) is -3.45. The number of hydrogen-bond acceptors (Lipinski definition) is 4. The predicted octanol–water partition coefficient (Wildman–Crippen LogP) is 3.49. The number of rotatable bonds is 6. The molecule has 0 saturated carbocycles. The molecule has 1 saturated heterocycles. The zero-order valence-corrected chi connectivity index (χ0v) is 17.3. The maximum atomic E-state index is 12.6. The standard InChI is InChI=1S/C21H26N2O4S/c1-15-7-6-8-16(2)20(15)27-17(3)21(24)22-18-9-11-19(12-10-18)28(25,26)23-13-4-5-14-23/h6-12,17H,4-5,13-14H2,1-3H3,(H,22,24)/t17-/m0/s1. The number of aryl methyl sites for hydroxylation is 2. The van der Waals surface area contributed by atoms with E-state index in [1.807, 2.05) is 32.0 Å². The van der Waals surface area contributed by atoms with Crippen LogP contribution >= 0.6 is 0 Å². The summed E-state index contributed by atoms with van der Waals surface area (Å²) in [6.45, 7) is 6.69. The lowest BCUT2D eigenvalue weighted by molar-refractivity contribution is -0.122. The van der Waals surface area contributed by atoms with E-state index in [1.54, 1.807) is 19.1 Å². The molecule has 28 heavy (non-hydrogen) atoms. The lowest BCUT2D eigenvalue weighted by Crippen LogP contribution is -2.30. The Bertz CT molecular complexity index is 929. The number of amides is 1. The molecule has 1 fully saturated rings. The number of anilines is 1. The van der Waals surface area contributed by atoms with Crippen LogP contribution in [0.4, 0.5) is 5.69 Å². The summed E-state index contributed by atoms with van der Waals surface area (Å²) in [5, 5.41) is 2.78. The molecule has 2 aromatic rings. The maximum absolute atomic E-state index is 12.6. The van der Waals surface area contributed by atoms with Crippen LogP contribution in [0.25, 0.3) is 0 Å². The minimum atomic E-state index is -3.45. The van der Waals surface area contributed by atoms with Crippen LogP contribution in [0.5, 0.6) is 5.75 Å². The number of nitrogens with zero attached hydrogens (tertiary/aromatic N) is 1. The van der Waals surface area contributed by atoms with Crippen LogP contribution in [0, 0.1) is 13.8 Å². The van der Waals surface area contributed by atoms with Gasteiger partial charge in [0.1, 0.15) is 5.75 Å². The van der Waals surface area contributed by atoms with Gasteiger partial charge in [0.2, 0.25) is 10.0 Å². The van der Waals surface area contributed by atoms with E-state index in [4.69, 9.17) is 4.74 Å². The molecule has 0 aromatic heterocycles. The van der Waals surface area contributed by atoms with Crippen molar-refractivity contribution in [2.24, 2.45) is 0 Å². The molecule has 6 nitrogen and oxygen atoms in total. The molecule has 7 heteroatoms. The fourth-order valence-electron chi connectivity index (χ4n) is 3.25. The molecular weight excluding hydrogens is 376 g/mol. The highest BCUT2D eigenvalue weighted by molar-refractivity contribution is 7.89. The fourth-order valence-corrected chi connectivity index (χ4v) is 4.76. The number of nitrogens with one attached hydrogen (secondary N) is 1. The highest BCUT2D eigenvalue weighted by Gasteiger charge is 2.27. The van der Waals surface area contributed by atoms with Crippen LogP contribution < -0.4 is 10.1 Å². The molecule has 1 heterocycles. The van der Waals surface area contributed by atoms with Crippen molar-refractivity contribution in [3.05, 3.63) is 53.6 Å². The van der Waals surface area contributed by atoms with Gasteiger partial charge in [0.05, 0.1) is 4.90 Å². The van der Waals surface area contributed by atoms with Crippen LogP contribution in [0.3, 0.4) is 0 Å². The Morgan fingerprint density at radius 1 is 1.04 bits per heavy atom. The third-order valence-corrected chi connectivity index (χ3v) is 6.81. The quantitative estimate of drug-likeness (QED) is 0.802. The highest BCUT2D eigenvalue weighted by atomic mass is 32.2. The normalized spacial score (nSPS) is 16.0. The molecule has 1 atom stereocenters. The minimum Gasteiger partial charge on any atom is -0.480 e. The van der Waals surface area contributed by atoms with E-state index in [-0.39, 0.29) is 10.8 Å². The van der Waals surface area contributed by atoms with E-state index in [0.29, 0.717) is 24.5 Å². The Balaban J connectivity index is 1.65. The van der Waals surface area contributed by atoms with Crippen molar-refractivity contribution < 1.29 is 17.9 Å². The van der Waals surface area contributed by atoms with Crippen molar-refractivity contribution in [1.82, 2.24) is 4.31 Å². The van der Waals surface area contributed by atoms with E-state index in [2.05, 4.69) is 5.32 Å². The minimum absolute atomic E-state index is 0.243. The Kier molecular flexibility index (Phi) is 6.05. The summed E-state index contributed by atoms with van der Waals surface area (Å²) in [6, 6.07) is 12.1. The Morgan fingerprint density at radius 2 is 1.61 bits per heavy atom. The van der Waals surface area contributed by atoms with Crippen molar-refractivity contribution in [2.75, 3.05) is 18.4 Å². The Labute approximate surface area is 166 Å². The van der Waals surface area contributed by atoms with Gasteiger partial charge in [-0.1, -0.05) is 18.2 Å². The van der Waals surface area contributed by atoms with Crippen molar-refractivity contribution in [3.8, 4) is 5.75 Å². The average molecular weight is 403 g/mol. The Hall–Kier alpha value is -2.38. The number of para-hydroxylation sites is 1. The highest BCUT2D eigenvalue weighted by Crippen LogP contribution is 2.25. The number of hydrogen-bond donors (Lipinski definition) is 1. The maximum Gasteiger partial charge on any atom is 0.265 e. The molecule has 0 radical (unpaired) electrons. The smallest absolute Gasteiger partial charge is 0.265 e. The molecule has 1 N–H and O–H groups in total. The molecule has 0 spiro atoms. The summed E-state index contributed by atoms with van der Waals surface area (Å²) in [4.78, 5) is 12.7. The summed E-state index contributed by atoms with van der Waals surface area (Å²) in [5.41, 5.74) is 2.47. The van der Waals surface area contributed by atoms with Gasteiger partial charge in [-0.15, -0.1) is 0 Å². The summed E-state index contributed by atoms with van der Waals surface area (Å²) < 4.78 is 32.5. The van der Waals surface area contributed by atoms with Crippen LogP contribution in [0.15, 0.2) is 47.4 Å². The van der Waals surface area contributed by atoms with Gasteiger partial charge in [-0.05, 0) is 69.0 Å². The topological polar surface area (TPSA) is 75.7 Å². The number of benzene rings is 2. The van der Waals surface area contributed by atoms with Gasteiger partial charge in [-0.3, -0.25) is 4.79 Å². The lowest BCUT2D eigenvalue weighted by atomic mass is 10.1. The fraction of sp³-hybridized carbons (Fsp3) is 0.381. The summed E-state index contributed by atoms with van der Waals surface area (Å²) in [5.74, 6) is 0.412. The van der Waals surface area contributed by atoms with Gasteiger partial charge in [-0.2, -0.15) is 4.31 Å². The van der Waals surface area contributed by atoms with Gasteiger partial charge >= 0.3 is 0 Å². The lowest BCUT2D eigenvalue weighted by Gasteiger charge is -2.18. The molecule has 0 unspecified atom stereocenters. The predicted molar refractivity (Wildman–Crippen MR) is 109 cm³/mol.